The van der Waals surface area contributed by atoms with E-state index in [0.717, 1.165) is 5.56 Å². The first-order chi connectivity index (χ1) is 12.2. The Morgan fingerprint density at radius 3 is 2.64 bits per heavy atom. The number of hydrogen-bond donors (Lipinski definition) is 1. The van der Waals surface area contributed by atoms with Crippen molar-refractivity contribution in [3.8, 4) is 17.6 Å². The first-order valence-corrected chi connectivity index (χ1v) is 7.57. The number of nitrogens with one attached hydrogen (secondary N) is 1. The molecule has 0 unspecified atom stereocenters. The number of rotatable bonds is 7. The SMILES string of the molecule is C=CCOc1ccc(/C=C/C(=O)Nc2ccc(C#N)cc2)cc1OC. The number of methoxy groups -OCH3 is 1. The third-order valence-electron chi connectivity index (χ3n) is 3.25. The summed E-state index contributed by atoms with van der Waals surface area (Å²) in [6.45, 7) is 3.99. The van der Waals surface area contributed by atoms with Gasteiger partial charge < -0.3 is 14.8 Å². The second-order valence-electron chi connectivity index (χ2n) is 5.02. The molecule has 0 saturated heterocycles. The van der Waals surface area contributed by atoms with E-state index in [4.69, 9.17) is 14.7 Å². The summed E-state index contributed by atoms with van der Waals surface area (Å²) < 4.78 is 10.8. The van der Waals surface area contributed by atoms with E-state index in [9.17, 15) is 4.79 Å². The van der Waals surface area contributed by atoms with Crippen LogP contribution in [0.3, 0.4) is 0 Å². The number of carbonyl (C=O) groups is 1. The van der Waals surface area contributed by atoms with Crippen molar-refractivity contribution in [1.82, 2.24) is 0 Å². The van der Waals surface area contributed by atoms with Gasteiger partial charge in [-0.25, -0.2) is 0 Å². The van der Waals surface area contributed by atoms with Gasteiger partial charge in [-0.05, 0) is 48.0 Å². The molecule has 0 atom stereocenters. The second kappa shape index (κ2) is 8.94. The smallest absolute Gasteiger partial charge is 0.248 e. The van der Waals surface area contributed by atoms with Crippen LogP contribution in [0.15, 0.2) is 61.2 Å². The molecule has 2 rings (SSSR count). The van der Waals surface area contributed by atoms with E-state index < -0.39 is 0 Å². The predicted molar refractivity (Wildman–Crippen MR) is 97.5 cm³/mol. The van der Waals surface area contributed by atoms with E-state index in [1.54, 1.807) is 55.7 Å². The number of nitrogens with zero attached hydrogens (tertiary/aromatic N) is 1. The van der Waals surface area contributed by atoms with Gasteiger partial charge in [0.2, 0.25) is 5.91 Å². The molecule has 5 heteroatoms. The van der Waals surface area contributed by atoms with Gasteiger partial charge in [-0.15, -0.1) is 0 Å². The van der Waals surface area contributed by atoms with Crippen molar-refractivity contribution in [3.05, 3.63) is 72.3 Å². The van der Waals surface area contributed by atoms with Crippen LogP contribution in [0.4, 0.5) is 5.69 Å². The predicted octanol–water partition coefficient (Wildman–Crippen LogP) is 3.78. The fourth-order valence-corrected chi connectivity index (χ4v) is 2.04. The minimum atomic E-state index is -0.268. The van der Waals surface area contributed by atoms with Gasteiger partial charge in [0.25, 0.3) is 0 Å². The molecule has 0 saturated carbocycles. The highest BCUT2D eigenvalue weighted by molar-refractivity contribution is 6.01. The van der Waals surface area contributed by atoms with Gasteiger partial charge >= 0.3 is 0 Å². The Labute approximate surface area is 146 Å². The molecular formula is C20H18N2O3. The molecule has 5 nitrogen and oxygen atoms in total. The van der Waals surface area contributed by atoms with Gasteiger partial charge in [0.05, 0.1) is 18.7 Å². The van der Waals surface area contributed by atoms with E-state index in [1.807, 2.05) is 12.1 Å². The summed E-state index contributed by atoms with van der Waals surface area (Å²) in [6.07, 6.45) is 4.76. The summed E-state index contributed by atoms with van der Waals surface area (Å²) in [4.78, 5) is 12.0. The lowest BCUT2D eigenvalue weighted by Gasteiger charge is -2.09. The van der Waals surface area contributed by atoms with Crippen LogP contribution in [0.5, 0.6) is 11.5 Å². The monoisotopic (exact) mass is 334 g/mol. The Hall–Kier alpha value is -3.52. The van der Waals surface area contributed by atoms with Crippen LogP contribution >= 0.6 is 0 Å². The zero-order chi connectivity index (χ0) is 18.1. The molecule has 0 heterocycles. The number of hydrogen-bond acceptors (Lipinski definition) is 4. The highest BCUT2D eigenvalue weighted by atomic mass is 16.5. The Morgan fingerprint density at radius 2 is 2.00 bits per heavy atom. The minimum Gasteiger partial charge on any atom is -0.493 e. The third kappa shape index (κ3) is 5.26. The molecule has 126 valence electrons. The third-order valence-corrected chi connectivity index (χ3v) is 3.25. The number of nitriles is 1. The van der Waals surface area contributed by atoms with Crippen molar-refractivity contribution >= 4 is 17.7 Å². The van der Waals surface area contributed by atoms with E-state index in [1.165, 1.54) is 6.08 Å². The van der Waals surface area contributed by atoms with Gasteiger partial charge in [-0.3, -0.25) is 4.79 Å². The van der Waals surface area contributed by atoms with E-state index in [-0.39, 0.29) is 5.91 Å². The number of benzene rings is 2. The summed E-state index contributed by atoms with van der Waals surface area (Å²) in [5, 5.41) is 11.5. The molecule has 2 aromatic rings. The van der Waals surface area contributed by atoms with Gasteiger partial charge in [-0.1, -0.05) is 18.7 Å². The van der Waals surface area contributed by atoms with Crippen LogP contribution in [0.2, 0.25) is 0 Å². The normalized spacial score (nSPS) is 10.1. The summed E-state index contributed by atoms with van der Waals surface area (Å²) in [6, 6.07) is 14.1. The molecule has 1 N–H and O–H groups in total. The van der Waals surface area contributed by atoms with Crippen LogP contribution in [0.25, 0.3) is 6.08 Å². The topological polar surface area (TPSA) is 71.3 Å². The highest BCUT2D eigenvalue weighted by Gasteiger charge is 2.04. The zero-order valence-corrected chi connectivity index (χ0v) is 13.9. The maximum atomic E-state index is 12.0. The summed E-state index contributed by atoms with van der Waals surface area (Å²) >= 11 is 0. The Bertz CT molecular complexity index is 818. The van der Waals surface area contributed by atoms with Crippen molar-refractivity contribution in [2.45, 2.75) is 0 Å². The van der Waals surface area contributed by atoms with Crippen LogP contribution < -0.4 is 14.8 Å². The van der Waals surface area contributed by atoms with Gasteiger partial charge in [0.1, 0.15) is 6.61 Å². The second-order valence-corrected chi connectivity index (χ2v) is 5.02. The van der Waals surface area contributed by atoms with Gasteiger partial charge in [0.15, 0.2) is 11.5 Å². The molecule has 0 spiro atoms. The van der Waals surface area contributed by atoms with Crippen molar-refractivity contribution in [1.29, 1.82) is 5.26 Å². The minimum absolute atomic E-state index is 0.268. The summed E-state index contributed by atoms with van der Waals surface area (Å²) in [7, 11) is 1.56. The fourth-order valence-electron chi connectivity index (χ4n) is 2.04. The molecule has 0 fully saturated rings. The highest BCUT2D eigenvalue weighted by Crippen LogP contribution is 2.28. The quantitative estimate of drug-likeness (QED) is 0.618. The maximum Gasteiger partial charge on any atom is 0.248 e. The number of anilines is 1. The Kier molecular flexibility index (Phi) is 6.38. The lowest BCUT2D eigenvalue weighted by Crippen LogP contribution is -2.07. The lowest BCUT2D eigenvalue weighted by atomic mass is 10.2. The first-order valence-electron chi connectivity index (χ1n) is 7.57. The van der Waals surface area contributed by atoms with Crippen molar-refractivity contribution in [2.75, 3.05) is 19.0 Å². The largest absolute Gasteiger partial charge is 0.493 e. The van der Waals surface area contributed by atoms with Crippen molar-refractivity contribution < 1.29 is 14.3 Å². The van der Waals surface area contributed by atoms with Crippen LogP contribution in [0.1, 0.15) is 11.1 Å². The molecule has 2 aromatic carbocycles. The molecule has 1 amide bonds. The maximum absolute atomic E-state index is 12.0. The van der Waals surface area contributed by atoms with E-state index >= 15 is 0 Å². The summed E-state index contributed by atoms with van der Waals surface area (Å²) in [5.74, 6) is 0.925. The average Bonchev–Trinajstić information content (AvgIpc) is 2.65. The van der Waals surface area contributed by atoms with E-state index in [0.29, 0.717) is 29.4 Å². The molecule has 0 aliphatic heterocycles. The molecule has 25 heavy (non-hydrogen) atoms. The lowest BCUT2D eigenvalue weighted by molar-refractivity contribution is -0.111. The Balaban J connectivity index is 2.03. The van der Waals surface area contributed by atoms with Crippen LogP contribution in [0, 0.1) is 11.3 Å². The Morgan fingerprint density at radius 1 is 1.24 bits per heavy atom. The molecule has 0 radical (unpaired) electrons. The van der Waals surface area contributed by atoms with Crippen molar-refractivity contribution in [2.24, 2.45) is 0 Å². The molecular weight excluding hydrogens is 316 g/mol. The molecule has 0 aromatic heterocycles. The summed E-state index contributed by atoms with van der Waals surface area (Å²) in [5.41, 5.74) is 1.97. The van der Waals surface area contributed by atoms with Gasteiger partial charge in [-0.2, -0.15) is 5.26 Å². The number of carbonyl (C=O) groups excluding carboxylic acids is 1. The van der Waals surface area contributed by atoms with E-state index in [2.05, 4.69) is 11.9 Å². The fraction of sp³-hybridized carbons (Fsp3) is 0.100. The zero-order valence-electron chi connectivity index (χ0n) is 13.9. The standard InChI is InChI=1S/C20H18N2O3/c1-3-12-25-18-10-6-15(13-19(18)24-2)7-11-20(23)22-17-8-4-16(14-21)5-9-17/h3-11,13H,1,12H2,2H3,(H,22,23)/b11-7+. The van der Waals surface area contributed by atoms with Crippen molar-refractivity contribution in [3.63, 3.8) is 0 Å². The molecule has 0 bridgehead atoms. The number of amides is 1. The van der Waals surface area contributed by atoms with Gasteiger partial charge in [0, 0.05) is 11.8 Å². The average molecular weight is 334 g/mol. The molecule has 0 aliphatic rings. The first kappa shape index (κ1) is 17.8. The van der Waals surface area contributed by atoms with Crippen LogP contribution in [-0.4, -0.2) is 19.6 Å². The number of ether oxygens (including phenoxy) is 2. The van der Waals surface area contributed by atoms with Crippen LogP contribution in [-0.2, 0) is 4.79 Å². The molecule has 0 aliphatic carbocycles.